The number of nitrogen functional groups attached to an aromatic ring is 1. The van der Waals surface area contributed by atoms with Gasteiger partial charge in [0.1, 0.15) is 16.7 Å². The van der Waals surface area contributed by atoms with E-state index in [2.05, 4.69) is 15.0 Å². The monoisotopic (exact) mass is 332 g/mol. The lowest BCUT2D eigenvalue weighted by molar-refractivity contribution is 0.530. The topological polar surface area (TPSA) is 77.8 Å². The molecule has 0 aliphatic heterocycles. The average Bonchev–Trinajstić information content (AvgIpc) is 2.93. The number of aryl methyl sites for hydroxylation is 1. The summed E-state index contributed by atoms with van der Waals surface area (Å²) in [5, 5.41) is 1.46. The Hall–Kier alpha value is -2.05. The first-order chi connectivity index (χ1) is 10.6. The highest BCUT2D eigenvalue weighted by atomic mass is 35.5. The van der Waals surface area contributed by atoms with E-state index in [9.17, 15) is 0 Å². The van der Waals surface area contributed by atoms with E-state index in [0.717, 1.165) is 10.6 Å². The fourth-order valence-corrected chi connectivity index (χ4v) is 2.92. The summed E-state index contributed by atoms with van der Waals surface area (Å²) in [6.45, 7) is 1.81. The number of thioether (sulfide) groups is 1. The summed E-state index contributed by atoms with van der Waals surface area (Å²) in [6, 6.07) is 9.20. The predicted octanol–water partition coefficient (Wildman–Crippen LogP) is 3.97. The molecule has 0 saturated heterocycles. The third-order valence-corrected chi connectivity index (χ3v) is 3.97. The van der Waals surface area contributed by atoms with Crippen molar-refractivity contribution in [3.63, 3.8) is 0 Å². The lowest BCUT2D eigenvalue weighted by Gasteiger charge is -2.01. The van der Waals surface area contributed by atoms with E-state index in [1.165, 1.54) is 11.8 Å². The molecular weight excluding hydrogens is 320 g/mol. The molecule has 22 heavy (non-hydrogen) atoms. The van der Waals surface area contributed by atoms with E-state index in [4.69, 9.17) is 21.8 Å². The predicted molar refractivity (Wildman–Crippen MR) is 87.7 cm³/mol. The Kier molecular flexibility index (Phi) is 4.31. The van der Waals surface area contributed by atoms with E-state index in [1.807, 2.05) is 31.2 Å². The molecule has 0 saturated carbocycles. The summed E-state index contributed by atoms with van der Waals surface area (Å²) in [4.78, 5) is 12.6. The molecule has 0 aliphatic rings. The second-order valence-electron chi connectivity index (χ2n) is 4.60. The number of halogens is 1. The zero-order chi connectivity index (χ0) is 15.5. The molecule has 0 bridgehead atoms. The maximum Gasteiger partial charge on any atom is 0.205 e. The standard InChI is InChI=1S/C15H13ClN4OS/c1-9-19-13(17)6-15(20-9)22-8-14-18-7-12(21-14)10-3-2-4-11(16)5-10/h2-7H,8H2,1H3,(H2,17,19,20). The molecule has 7 heteroatoms. The van der Waals surface area contributed by atoms with Gasteiger partial charge in [0, 0.05) is 16.7 Å². The third kappa shape index (κ3) is 3.58. The summed E-state index contributed by atoms with van der Waals surface area (Å²) in [5.74, 6) is 2.99. The fraction of sp³-hybridized carbons (Fsp3) is 0.133. The molecule has 3 rings (SSSR count). The minimum Gasteiger partial charge on any atom is -0.440 e. The van der Waals surface area contributed by atoms with Crippen molar-refractivity contribution in [2.24, 2.45) is 0 Å². The number of oxazole rings is 1. The lowest BCUT2D eigenvalue weighted by Crippen LogP contribution is -1.96. The summed E-state index contributed by atoms with van der Waals surface area (Å²) in [6.07, 6.45) is 1.70. The highest BCUT2D eigenvalue weighted by Crippen LogP contribution is 2.26. The summed E-state index contributed by atoms with van der Waals surface area (Å²) in [5.41, 5.74) is 6.61. The Morgan fingerprint density at radius 1 is 1.27 bits per heavy atom. The van der Waals surface area contributed by atoms with Gasteiger partial charge in [0.05, 0.1) is 11.9 Å². The van der Waals surface area contributed by atoms with Gasteiger partial charge in [0.15, 0.2) is 5.76 Å². The molecule has 0 radical (unpaired) electrons. The van der Waals surface area contributed by atoms with E-state index in [-0.39, 0.29) is 0 Å². The fourth-order valence-electron chi connectivity index (χ4n) is 1.92. The third-order valence-electron chi connectivity index (χ3n) is 2.84. The Morgan fingerprint density at radius 3 is 2.91 bits per heavy atom. The molecule has 3 aromatic rings. The number of aromatic nitrogens is 3. The molecule has 5 nitrogen and oxygen atoms in total. The SMILES string of the molecule is Cc1nc(N)cc(SCc2ncc(-c3cccc(Cl)c3)o2)n1. The highest BCUT2D eigenvalue weighted by molar-refractivity contribution is 7.98. The summed E-state index contributed by atoms with van der Waals surface area (Å²) in [7, 11) is 0. The molecule has 0 amide bonds. The quantitative estimate of drug-likeness (QED) is 0.575. The number of rotatable bonds is 4. The number of anilines is 1. The maximum atomic E-state index is 5.98. The van der Waals surface area contributed by atoms with Crippen molar-refractivity contribution in [2.45, 2.75) is 17.7 Å². The number of nitrogens with zero attached hydrogens (tertiary/aromatic N) is 3. The molecule has 2 aromatic heterocycles. The van der Waals surface area contributed by atoms with E-state index >= 15 is 0 Å². The van der Waals surface area contributed by atoms with Crippen molar-refractivity contribution in [3.8, 4) is 11.3 Å². The molecule has 0 fully saturated rings. The Balaban J connectivity index is 1.72. The van der Waals surface area contributed by atoms with Crippen LogP contribution < -0.4 is 5.73 Å². The van der Waals surface area contributed by atoms with Gasteiger partial charge >= 0.3 is 0 Å². The van der Waals surface area contributed by atoms with Gasteiger partial charge in [-0.15, -0.1) is 0 Å². The first kappa shape index (κ1) is 14.9. The van der Waals surface area contributed by atoms with Gasteiger partial charge in [-0.05, 0) is 19.1 Å². The van der Waals surface area contributed by atoms with Crippen LogP contribution in [0.2, 0.25) is 5.02 Å². The molecule has 2 N–H and O–H groups in total. The van der Waals surface area contributed by atoms with Gasteiger partial charge in [0.25, 0.3) is 0 Å². The van der Waals surface area contributed by atoms with Crippen LogP contribution in [0.15, 0.2) is 46.0 Å². The number of nitrogens with two attached hydrogens (primary N) is 1. The number of benzene rings is 1. The molecule has 112 valence electrons. The second kappa shape index (κ2) is 6.37. The maximum absolute atomic E-state index is 5.98. The molecule has 2 heterocycles. The lowest BCUT2D eigenvalue weighted by atomic mass is 10.2. The molecule has 0 atom stereocenters. The van der Waals surface area contributed by atoms with Crippen LogP contribution in [0, 0.1) is 6.92 Å². The van der Waals surface area contributed by atoms with Gasteiger partial charge in [-0.25, -0.2) is 15.0 Å². The minimum atomic E-state index is 0.460. The van der Waals surface area contributed by atoms with Crippen LogP contribution in [0.3, 0.4) is 0 Å². The van der Waals surface area contributed by atoms with Crippen LogP contribution in [0.25, 0.3) is 11.3 Å². The zero-order valence-corrected chi connectivity index (χ0v) is 13.4. The van der Waals surface area contributed by atoms with Crippen molar-refractivity contribution >= 4 is 29.2 Å². The second-order valence-corrected chi connectivity index (χ2v) is 6.03. The smallest absolute Gasteiger partial charge is 0.205 e. The van der Waals surface area contributed by atoms with Crippen molar-refractivity contribution in [2.75, 3.05) is 5.73 Å². The van der Waals surface area contributed by atoms with Gasteiger partial charge in [-0.3, -0.25) is 0 Å². The summed E-state index contributed by atoms with van der Waals surface area (Å²) >= 11 is 7.48. The summed E-state index contributed by atoms with van der Waals surface area (Å²) < 4.78 is 5.74. The zero-order valence-electron chi connectivity index (χ0n) is 11.8. The Labute approximate surface area is 136 Å². The first-order valence-electron chi connectivity index (χ1n) is 6.55. The average molecular weight is 333 g/mol. The van der Waals surface area contributed by atoms with Crippen LogP contribution in [0.5, 0.6) is 0 Å². The normalized spacial score (nSPS) is 10.8. The van der Waals surface area contributed by atoms with Crippen molar-refractivity contribution in [1.29, 1.82) is 0 Å². The van der Waals surface area contributed by atoms with Crippen molar-refractivity contribution in [3.05, 3.63) is 53.3 Å². The van der Waals surface area contributed by atoms with E-state index in [0.29, 0.717) is 34.1 Å². The molecule has 0 spiro atoms. The van der Waals surface area contributed by atoms with Crippen LogP contribution in [-0.2, 0) is 5.75 Å². The Bertz CT molecular complexity index is 785. The van der Waals surface area contributed by atoms with Gasteiger partial charge in [0.2, 0.25) is 5.89 Å². The van der Waals surface area contributed by atoms with Crippen LogP contribution in [-0.4, -0.2) is 15.0 Å². The van der Waals surface area contributed by atoms with Crippen molar-refractivity contribution < 1.29 is 4.42 Å². The van der Waals surface area contributed by atoms with Crippen LogP contribution in [0.1, 0.15) is 11.7 Å². The van der Waals surface area contributed by atoms with Crippen molar-refractivity contribution in [1.82, 2.24) is 15.0 Å². The van der Waals surface area contributed by atoms with Crippen LogP contribution >= 0.6 is 23.4 Å². The largest absolute Gasteiger partial charge is 0.440 e. The van der Waals surface area contributed by atoms with Crippen LogP contribution in [0.4, 0.5) is 5.82 Å². The molecular formula is C15H13ClN4OS. The van der Waals surface area contributed by atoms with Gasteiger partial charge < -0.3 is 10.2 Å². The Morgan fingerprint density at radius 2 is 2.14 bits per heavy atom. The highest BCUT2D eigenvalue weighted by Gasteiger charge is 2.08. The van der Waals surface area contributed by atoms with Gasteiger partial charge in [-0.1, -0.05) is 35.5 Å². The molecule has 1 aromatic carbocycles. The van der Waals surface area contributed by atoms with E-state index in [1.54, 1.807) is 12.3 Å². The van der Waals surface area contributed by atoms with E-state index < -0.39 is 0 Å². The first-order valence-corrected chi connectivity index (χ1v) is 7.91. The molecule has 0 unspecified atom stereocenters. The number of hydrogen-bond acceptors (Lipinski definition) is 6. The number of hydrogen-bond donors (Lipinski definition) is 1. The minimum absolute atomic E-state index is 0.460. The molecule has 0 aliphatic carbocycles. The van der Waals surface area contributed by atoms with Gasteiger partial charge in [-0.2, -0.15) is 0 Å².